The molecular weight excluding hydrogens is 362 g/mol. The number of hydrogen-bond donors (Lipinski definition) is 0. The molecule has 3 heterocycles. The van der Waals surface area contributed by atoms with Crippen molar-refractivity contribution in [2.24, 2.45) is 5.41 Å². The lowest BCUT2D eigenvalue weighted by Gasteiger charge is -2.37. The second-order valence-electron chi connectivity index (χ2n) is 7.34. The summed E-state index contributed by atoms with van der Waals surface area (Å²) >= 11 is 0. The topological polar surface area (TPSA) is 82.8 Å². The van der Waals surface area contributed by atoms with Gasteiger partial charge in [0.05, 0.1) is 22.7 Å². The number of carbonyl (C=O) groups excluding carboxylic acids is 1. The summed E-state index contributed by atoms with van der Waals surface area (Å²) in [6.07, 6.45) is 6.78. The van der Waals surface area contributed by atoms with Gasteiger partial charge in [0, 0.05) is 25.5 Å². The molecule has 0 aliphatic carbocycles. The molecule has 1 aliphatic rings. The number of piperidine rings is 1. The van der Waals surface area contributed by atoms with Gasteiger partial charge < -0.3 is 4.90 Å². The van der Waals surface area contributed by atoms with Crippen LogP contribution in [-0.4, -0.2) is 38.8 Å². The van der Waals surface area contributed by atoms with Gasteiger partial charge in [-0.2, -0.15) is 5.26 Å². The molecule has 0 N–H and O–H groups in total. The molecule has 1 saturated heterocycles. The van der Waals surface area contributed by atoms with E-state index in [0.29, 0.717) is 49.3 Å². The van der Waals surface area contributed by atoms with Crippen molar-refractivity contribution in [3.63, 3.8) is 0 Å². The maximum atomic E-state index is 13.2. The Morgan fingerprint density at radius 1 is 1.03 bits per heavy atom. The van der Waals surface area contributed by atoms with Crippen molar-refractivity contribution < 1.29 is 4.79 Å². The van der Waals surface area contributed by atoms with Crippen LogP contribution in [0, 0.1) is 16.7 Å². The van der Waals surface area contributed by atoms with Crippen LogP contribution in [0.15, 0.2) is 67.3 Å². The Balaban J connectivity index is 1.51. The third-order valence-electron chi connectivity index (χ3n) is 5.49. The van der Waals surface area contributed by atoms with E-state index in [0.717, 1.165) is 5.56 Å². The molecule has 0 spiro atoms. The minimum absolute atomic E-state index is 0.0713. The van der Waals surface area contributed by atoms with Crippen LogP contribution in [0.3, 0.4) is 0 Å². The zero-order valence-electron chi connectivity index (χ0n) is 16.0. The fourth-order valence-electron chi connectivity index (χ4n) is 3.84. The van der Waals surface area contributed by atoms with E-state index in [4.69, 9.17) is 0 Å². The van der Waals surface area contributed by atoms with Crippen molar-refractivity contribution in [2.75, 3.05) is 13.1 Å². The molecule has 4 rings (SSSR count). The van der Waals surface area contributed by atoms with Gasteiger partial charge >= 0.3 is 0 Å². The van der Waals surface area contributed by atoms with Crippen molar-refractivity contribution in [1.29, 1.82) is 5.26 Å². The van der Waals surface area contributed by atoms with Crippen LogP contribution in [0.1, 0.15) is 28.8 Å². The third kappa shape index (κ3) is 3.99. The molecule has 1 amide bonds. The fourth-order valence-corrected chi connectivity index (χ4v) is 3.84. The third-order valence-corrected chi connectivity index (χ3v) is 5.49. The first-order valence-electron chi connectivity index (χ1n) is 9.67. The van der Waals surface area contributed by atoms with Gasteiger partial charge in [-0.15, -0.1) is 0 Å². The molecule has 0 bridgehead atoms. The van der Waals surface area contributed by atoms with E-state index in [1.165, 1.54) is 6.33 Å². The van der Waals surface area contributed by atoms with Crippen molar-refractivity contribution in [3.05, 3.63) is 78.4 Å². The molecule has 6 nitrogen and oxygen atoms in total. The minimum atomic E-state index is -0.428. The highest BCUT2D eigenvalue weighted by molar-refractivity contribution is 5.99. The van der Waals surface area contributed by atoms with E-state index in [1.54, 1.807) is 30.6 Å². The summed E-state index contributed by atoms with van der Waals surface area (Å²) in [5.41, 5.74) is 2.44. The standard InChI is InChI=1S/C23H21N5O/c24-16-23(15-18-5-2-1-3-6-18)9-13-28(14-10-23)22(29)19-7-4-11-26-21(19)20-8-12-25-17-27-20/h1-8,11-12,17H,9-10,13-15H2. The van der Waals surface area contributed by atoms with Gasteiger partial charge in [-0.1, -0.05) is 30.3 Å². The number of likely N-dealkylation sites (tertiary alicyclic amines) is 1. The van der Waals surface area contributed by atoms with Gasteiger partial charge in [0.2, 0.25) is 0 Å². The zero-order chi connectivity index (χ0) is 20.1. The smallest absolute Gasteiger partial charge is 0.256 e. The predicted molar refractivity (Wildman–Crippen MR) is 109 cm³/mol. The van der Waals surface area contributed by atoms with Crippen LogP contribution in [0.25, 0.3) is 11.4 Å². The highest BCUT2D eigenvalue weighted by Gasteiger charge is 2.37. The van der Waals surface area contributed by atoms with E-state index in [-0.39, 0.29) is 5.91 Å². The number of pyridine rings is 1. The second kappa shape index (κ2) is 8.19. The molecule has 1 aromatic carbocycles. The van der Waals surface area contributed by atoms with Crippen molar-refractivity contribution in [1.82, 2.24) is 19.9 Å². The van der Waals surface area contributed by atoms with Crippen LogP contribution in [0.5, 0.6) is 0 Å². The number of carbonyl (C=O) groups is 1. The average molecular weight is 383 g/mol. The predicted octanol–water partition coefficient (Wildman–Crippen LogP) is 3.53. The highest BCUT2D eigenvalue weighted by Crippen LogP contribution is 2.35. The quantitative estimate of drug-likeness (QED) is 0.688. The normalized spacial score (nSPS) is 15.5. The van der Waals surface area contributed by atoms with Gasteiger partial charge in [-0.05, 0) is 43.0 Å². The van der Waals surface area contributed by atoms with Gasteiger partial charge in [0.15, 0.2) is 0 Å². The number of nitriles is 1. The van der Waals surface area contributed by atoms with E-state index in [9.17, 15) is 10.1 Å². The number of aromatic nitrogens is 3. The van der Waals surface area contributed by atoms with Crippen molar-refractivity contribution in [2.45, 2.75) is 19.3 Å². The van der Waals surface area contributed by atoms with E-state index in [2.05, 4.69) is 33.2 Å². The first-order chi connectivity index (χ1) is 14.2. The van der Waals surface area contributed by atoms with E-state index in [1.807, 2.05) is 23.1 Å². The Hall–Kier alpha value is -3.59. The van der Waals surface area contributed by atoms with Crippen LogP contribution in [-0.2, 0) is 6.42 Å². The van der Waals surface area contributed by atoms with Gasteiger partial charge in [-0.3, -0.25) is 9.78 Å². The highest BCUT2D eigenvalue weighted by atomic mass is 16.2. The lowest BCUT2D eigenvalue weighted by atomic mass is 9.75. The van der Waals surface area contributed by atoms with Crippen LogP contribution < -0.4 is 0 Å². The number of benzene rings is 1. The van der Waals surface area contributed by atoms with Crippen molar-refractivity contribution >= 4 is 5.91 Å². The maximum absolute atomic E-state index is 13.2. The van der Waals surface area contributed by atoms with Gasteiger partial charge in [0.1, 0.15) is 12.0 Å². The summed E-state index contributed by atoms with van der Waals surface area (Å²) in [7, 11) is 0. The first kappa shape index (κ1) is 18.8. The molecule has 144 valence electrons. The monoisotopic (exact) mass is 383 g/mol. The molecule has 3 aromatic rings. The Morgan fingerprint density at radius 3 is 2.52 bits per heavy atom. The fraction of sp³-hybridized carbons (Fsp3) is 0.261. The summed E-state index contributed by atoms with van der Waals surface area (Å²) in [4.78, 5) is 27.6. The van der Waals surface area contributed by atoms with Gasteiger partial charge in [0.25, 0.3) is 5.91 Å². The zero-order valence-corrected chi connectivity index (χ0v) is 16.0. The number of amides is 1. The lowest BCUT2D eigenvalue weighted by molar-refractivity contribution is 0.0647. The Kier molecular flexibility index (Phi) is 5.30. The lowest BCUT2D eigenvalue weighted by Crippen LogP contribution is -2.43. The molecular formula is C23H21N5O. The molecule has 29 heavy (non-hydrogen) atoms. The van der Waals surface area contributed by atoms with Crippen molar-refractivity contribution in [3.8, 4) is 17.5 Å². The number of hydrogen-bond acceptors (Lipinski definition) is 5. The molecule has 1 aliphatic heterocycles. The molecule has 0 atom stereocenters. The largest absolute Gasteiger partial charge is 0.338 e. The molecule has 0 saturated carbocycles. The Bertz CT molecular complexity index is 1020. The van der Waals surface area contributed by atoms with Gasteiger partial charge in [-0.25, -0.2) is 9.97 Å². The Labute approximate surface area is 169 Å². The summed E-state index contributed by atoms with van der Waals surface area (Å²) in [5, 5.41) is 9.86. The molecule has 0 unspecified atom stereocenters. The van der Waals surface area contributed by atoms with E-state index < -0.39 is 5.41 Å². The summed E-state index contributed by atoms with van der Waals surface area (Å²) < 4.78 is 0. The van der Waals surface area contributed by atoms with Crippen LogP contribution in [0.4, 0.5) is 0 Å². The maximum Gasteiger partial charge on any atom is 0.256 e. The van der Waals surface area contributed by atoms with E-state index >= 15 is 0 Å². The second-order valence-corrected chi connectivity index (χ2v) is 7.34. The molecule has 1 fully saturated rings. The molecule has 2 aromatic heterocycles. The molecule has 0 radical (unpaired) electrons. The van der Waals surface area contributed by atoms with Crippen LogP contribution >= 0.6 is 0 Å². The minimum Gasteiger partial charge on any atom is -0.338 e. The summed E-state index contributed by atoms with van der Waals surface area (Å²) in [5.74, 6) is -0.0713. The first-order valence-corrected chi connectivity index (χ1v) is 9.67. The van der Waals surface area contributed by atoms with Crippen LogP contribution in [0.2, 0.25) is 0 Å². The number of rotatable bonds is 4. The SMILES string of the molecule is N#CC1(Cc2ccccc2)CCN(C(=O)c2cccnc2-c2ccncn2)CC1. The number of nitrogens with zero attached hydrogens (tertiary/aromatic N) is 5. The Morgan fingerprint density at radius 2 is 1.83 bits per heavy atom. The summed E-state index contributed by atoms with van der Waals surface area (Å²) in [6.45, 7) is 1.11. The average Bonchev–Trinajstić information content (AvgIpc) is 2.80. The molecule has 6 heteroatoms. The summed E-state index contributed by atoms with van der Waals surface area (Å²) in [6, 6.07) is 17.9.